The van der Waals surface area contributed by atoms with Crippen molar-refractivity contribution in [2.45, 2.75) is 25.8 Å². The van der Waals surface area contributed by atoms with E-state index in [-0.39, 0.29) is 11.4 Å². The molecule has 4 rings (SSSR count). The first-order valence-electron chi connectivity index (χ1n) is 10.2. The third kappa shape index (κ3) is 4.56. The summed E-state index contributed by atoms with van der Waals surface area (Å²) in [5.74, 6) is 0.789. The Balaban J connectivity index is 0.00000256. The van der Waals surface area contributed by atoms with Gasteiger partial charge in [0.1, 0.15) is 5.76 Å². The first-order valence-corrected chi connectivity index (χ1v) is 10.2. The molecule has 1 saturated heterocycles. The van der Waals surface area contributed by atoms with Crippen LogP contribution >= 0.6 is 0 Å². The Bertz CT molecular complexity index is 981. The minimum absolute atomic E-state index is 0. The molecule has 0 bridgehead atoms. The molecule has 158 valence electrons. The average molecular weight is 408 g/mol. The van der Waals surface area contributed by atoms with Crippen molar-refractivity contribution < 1.29 is 14.7 Å². The van der Waals surface area contributed by atoms with Crippen molar-refractivity contribution in [1.82, 2.24) is 5.32 Å². The fourth-order valence-electron chi connectivity index (χ4n) is 3.85. The number of rotatable bonds is 6. The first-order chi connectivity index (χ1) is 14.2. The van der Waals surface area contributed by atoms with E-state index in [0.29, 0.717) is 11.8 Å². The van der Waals surface area contributed by atoms with Gasteiger partial charge in [0.15, 0.2) is 5.76 Å². The third-order valence-electron chi connectivity index (χ3n) is 5.58. The number of furan rings is 1. The Labute approximate surface area is 177 Å². The van der Waals surface area contributed by atoms with Crippen molar-refractivity contribution in [1.29, 1.82) is 0 Å². The van der Waals surface area contributed by atoms with Crippen LogP contribution in [0.3, 0.4) is 0 Å². The summed E-state index contributed by atoms with van der Waals surface area (Å²) >= 11 is 0. The van der Waals surface area contributed by atoms with E-state index in [1.165, 1.54) is 11.3 Å². The number of hydrogen-bond donors (Lipinski definition) is 2. The Morgan fingerprint density at radius 1 is 1.10 bits per heavy atom. The molecular weight excluding hydrogens is 378 g/mol. The van der Waals surface area contributed by atoms with Gasteiger partial charge in [0.25, 0.3) is 5.91 Å². The number of anilines is 2. The number of hydrogen-bond acceptors (Lipinski definition) is 4. The van der Waals surface area contributed by atoms with E-state index >= 15 is 0 Å². The molecule has 1 fully saturated rings. The molecule has 1 atom stereocenters. The summed E-state index contributed by atoms with van der Waals surface area (Å²) in [4.78, 5) is 15.0. The standard InChI is InChI=1S/C24H27N3O2.H2O/c1-3-17-6-4-5-7-21(17)22-12-13-23(29-22)24(28)26-18-8-10-20(11-9-18)27-15-14-19(16-27)25-2;/h4-13,19,25H,3,14-16H2,1-2H3,(H,26,28);1H2. The predicted octanol–water partition coefficient (Wildman–Crippen LogP) is 3.73. The van der Waals surface area contributed by atoms with Gasteiger partial charge in [0.05, 0.1) is 0 Å². The molecule has 1 aliphatic heterocycles. The highest BCUT2D eigenvalue weighted by molar-refractivity contribution is 6.02. The summed E-state index contributed by atoms with van der Waals surface area (Å²) < 4.78 is 5.85. The second-order valence-corrected chi connectivity index (χ2v) is 7.40. The van der Waals surface area contributed by atoms with Crippen molar-refractivity contribution in [3.05, 3.63) is 72.0 Å². The lowest BCUT2D eigenvalue weighted by Crippen LogP contribution is -2.29. The number of likely N-dealkylation sites (N-methyl/N-ethyl adjacent to an activating group) is 1. The average Bonchev–Trinajstić information content (AvgIpc) is 3.44. The van der Waals surface area contributed by atoms with Gasteiger partial charge in [-0.25, -0.2) is 0 Å². The van der Waals surface area contributed by atoms with E-state index in [1.807, 2.05) is 43.4 Å². The van der Waals surface area contributed by atoms with Crippen molar-refractivity contribution >= 4 is 17.3 Å². The van der Waals surface area contributed by atoms with Crippen molar-refractivity contribution in [2.24, 2.45) is 0 Å². The number of nitrogens with one attached hydrogen (secondary N) is 2. The van der Waals surface area contributed by atoms with Gasteiger partial charge in [-0.1, -0.05) is 31.2 Å². The molecule has 1 aliphatic rings. The summed E-state index contributed by atoms with van der Waals surface area (Å²) in [6.45, 7) is 4.17. The van der Waals surface area contributed by atoms with Crippen molar-refractivity contribution in [3.63, 3.8) is 0 Å². The summed E-state index contributed by atoms with van der Waals surface area (Å²) in [6, 6.07) is 20.2. The first kappa shape index (κ1) is 21.6. The number of benzene rings is 2. The molecule has 2 aromatic carbocycles. The molecule has 4 N–H and O–H groups in total. The van der Waals surface area contributed by atoms with Gasteiger partial charge in [-0.15, -0.1) is 0 Å². The highest BCUT2D eigenvalue weighted by Crippen LogP contribution is 2.27. The molecule has 0 saturated carbocycles. The van der Waals surface area contributed by atoms with Crippen LogP contribution in [0.25, 0.3) is 11.3 Å². The summed E-state index contributed by atoms with van der Waals surface area (Å²) in [7, 11) is 2.01. The molecule has 6 nitrogen and oxygen atoms in total. The van der Waals surface area contributed by atoms with Gasteiger partial charge in [-0.05, 0) is 61.9 Å². The zero-order valence-corrected chi connectivity index (χ0v) is 17.4. The van der Waals surface area contributed by atoms with Gasteiger partial charge in [0.2, 0.25) is 0 Å². The van der Waals surface area contributed by atoms with Gasteiger partial charge in [-0.2, -0.15) is 0 Å². The maximum Gasteiger partial charge on any atom is 0.291 e. The van der Waals surface area contributed by atoms with Crippen LogP contribution in [0.5, 0.6) is 0 Å². The van der Waals surface area contributed by atoms with Gasteiger partial charge < -0.3 is 25.4 Å². The molecule has 6 heteroatoms. The summed E-state index contributed by atoms with van der Waals surface area (Å²) in [6.07, 6.45) is 2.06. The fourth-order valence-corrected chi connectivity index (χ4v) is 3.85. The Hall–Kier alpha value is -3.09. The van der Waals surface area contributed by atoms with E-state index in [9.17, 15) is 4.79 Å². The lowest BCUT2D eigenvalue weighted by Gasteiger charge is -2.19. The summed E-state index contributed by atoms with van der Waals surface area (Å²) in [5, 5.41) is 6.26. The van der Waals surface area contributed by atoms with Crippen LogP contribution in [0.4, 0.5) is 11.4 Å². The zero-order valence-electron chi connectivity index (χ0n) is 17.4. The number of carbonyl (C=O) groups excluding carboxylic acids is 1. The minimum atomic E-state index is -0.241. The molecule has 2 heterocycles. The molecular formula is C24H29N3O3. The van der Waals surface area contributed by atoms with Crippen LogP contribution in [-0.2, 0) is 6.42 Å². The predicted molar refractivity (Wildman–Crippen MR) is 121 cm³/mol. The normalized spacial score (nSPS) is 15.7. The van der Waals surface area contributed by atoms with Gasteiger partial charge in [0, 0.05) is 36.1 Å². The monoisotopic (exact) mass is 407 g/mol. The molecule has 3 aromatic rings. The molecule has 0 aliphatic carbocycles. The fraction of sp³-hybridized carbons (Fsp3) is 0.292. The van der Waals surface area contributed by atoms with E-state index < -0.39 is 0 Å². The Morgan fingerprint density at radius 3 is 2.57 bits per heavy atom. The van der Waals surface area contributed by atoms with Crippen LogP contribution in [0, 0.1) is 0 Å². The summed E-state index contributed by atoms with van der Waals surface area (Å²) in [5.41, 5.74) is 4.17. The lowest BCUT2D eigenvalue weighted by atomic mass is 10.0. The van der Waals surface area contributed by atoms with Crippen LogP contribution < -0.4 is 15.5 Å². The number of carbonyl (C=O) groups is 1. The second-order valence-electron chi connectivity index (χ2n) is 7.40. The highest BCUT2D eigenvalue weighted by Gasteiger charge is 2.21. The molecule has 0 radical (unpaired) electrons. The zero-order chi connectivity index (χ0) is 20.2. The van der Waals surface area contributed by atoms with Crippen LogP contribution in [0.1, 0.15) is 29.5 Å². The van der Waals surface area contributed by atoms with E-state index in [1.54, 1.807) is 6.07 Å². The molecule has 1 amide bonds. The number of amides is 1. The number of aryl methyl sites for hydroxylation is 1. The maximum atomic E-state index is 12.6. The lowest BCUT2D eigenvalue weighted by molar-refractivity contribution is 0.0997. The smallest absolute Gasteiger partial charge is 0.291 e. The minimum Gasteiger partial charge on any atom is -0.451 e. The van der Waals surface area contributed by atoms with E-state index in [0.717, 1.165) is 42.9 Å². The van der Waals surface area contributed by atoms with Crippen LogP contribution in [0.2, 0.25) is 0 Å². The second kappa shape index (κ2) is 9.61. The van der Waals surface area contributed by atoms with E-state index in [4.69, 9.17) is 4.42 Å². The Kier molecular flexibility index (Phi) is 6.92. The van der Waals surface area contributed by atoms with Crippen LogP contribution in [0.15, 0.2) is 65.1 Å². The van der Waals surface area contributed by atoms with Crippen LogP contribution in [-0.4, -0.2) is 37.6 Å². The maximum absolute atomic E-state index is 12.6. The van der Waals surface area contributed by atoms with Gasteiger partial charge in [-0.3, -0.25) is 4.79 Å². The molecule has 1 unspecified atom stereocenters. The molecule has 30 heavy (non-hydrogen) atoms. The molecule has 0 spiro atoms. The number of nitrogens with zero attached hydrogens (tertiary/aromatic N) is 1. The van der Waals surface area contributed by atoms with Crippen molar-refractivity contribution in [2.75, 3.05) is 30.4 Å². The van der Waals surface area contributed by atoms with E-state index in [2.05, 4.69) is 40.7 Å². The van der Waals surface area contributed by atoms with Crippen molar-refractivity contribution in [3.8, 4) is 11.3 Å². The Morgan fingerprint density at radius 2 is 1.87 bits per heavy atom. The quantitative estimate of drug-likeness (QED) is 0.651. The van der Waals surface area contributed by atoms with Gasteiger partial charge >= 0.3 is 0 Å². The highest BCUT2D eigenvalue weighted by atomic mass is 16.3. The SMILES string of the molecule is CCc1ccccc1-c1ccc(C(=O)Nc2ccc(N3CCC(NC)C3)cc2)o1.O. The topological polar surface area (TPSA) is 89.0 Å². The third-order valence-corrected chi connectivity index (χ3v) is 5.58. The largest absolute Gasteiger partial charge is 0.451 e. The molecule has 1 aromatic heterocycles.